The van der Waals surface area contributed by atoms with Gasteiger partial charge in [0.1, 0.15) is 5.82 Å². The van der Waals surface area contributed by atoms with Gasteiger partial charge in [-0.15, -0.1) is 11.3 Å². The van der Waals surface area contributed by atoms with Crippen molar-refractivity contribution < 1.29 is 0 Å². The van der Waals surface area contributed by atoms with Crippen molar-refractivity contribution in [1.29, 1.82) is 0 Å². The molecular formula is C15H15ClN4S. The van der Waals surface area contributed by atoms with Gasteiger partial charge in [-0.05, 0) is 35.7 Å². The Kier molecular flexibility index (Phi) is 4.05. The predicted octanol–water partition coefficient (Wildman–Crippen LogP) is 3.63. The van der Waals surface area contributed by atoms with Crippen molar-refractivity contribution in [3.8, 4) is 0 Å². The van der Waals surface area contributed by atoms with Crippen LogP contribution in [0.25, 0.3) is 10.2 Å². The van der Waals surface area contributed by atoms with E-state index in [1.54, 1.807) is 17.5 Å². The summed E-state index contributed by atoms with van der Waals surface area (Å²) in [4.78, 5) is 8.65. The highest BCUT2D eigenvalue weighted by Gasteiger charge is 2.18. The molecule has 0 fully saturated rings. The van der Waals surface area contributed by atoms with E-state index < -0.39 is 0 Å². The number of anilines is 1. The third-order valence-electron chi connectivity index (χ3n) is 3.29. The molecule has 0 aliphatic rings. The van der Waals surface area contributed by atoms with E-state index in [4.69, 9.17) is 17.3 Å². The Morgan fingerprint density at radius 2 is 2.19 bits per heavy atom. The van der Waals surface area contributed by atoms with Gasteiger partial charge in [-0.1, -0.05) is 18.5 Å². The molecule has 108 valence electrons. The highest BCUT2D eigenvalue weighted by atomic mass is 35.5. The topological polar surface area (TPSA) is 63.8 Å². The minimum atomic E-state index is -0.0693. The van der Waals surface area contributed by atoms with Gasteiger partial charge in [0.05, 0.1) is 21.3 Å². The fourth-order valence-electron chi connectivity index (χ4n) is 2.33. The van der Waals surface area contributed by atoms with E-state index in [2.05, 4.69) is 28.3 Å². The van der Waals surface area contributed by atoms with Crippen LogP contribution in [0.4, 0.5) is 5.82 Å². The van der Waals surface area contributed by atoms with Crippen LogP contribution in [-0.4, -0.2) is 16.5 Å². The number of nitrogens with one attached hydrogen (secondary N) is 1. The Balaban J connectivity index is 2.09. The summed E-state index contributed by atoms with van der Waals surface area (Å²) in [5, 5.41) is 6.04. The molecule has 0 spiro atoms. The van der Waals surface area contributed by atoms with Gasteiger partial charge in [0.15, 0.2) is 0 Å². The van der Waals surface area contributed by atoms with Crippen molar-refractivity contribution in [2.75, 3.05) is 12.3 Å². The van der Waals surface area contributed by atoms with E-state index in [1.165, 1.54) is 0 Å². The summed E-state index contributed by atoms with van der Waals surface area (Å²) in [5.74, 6) is 0.483. The normalized spacial score (nSPS) is 12.7. The first-order valence-corrected chi connectivity index (χ1v) is 7.92. The van der Waals surface area contributed by atoms with Crippen molar-refractivity contribution in [3.05, 3.63) is 52.1 Å². The lowest BCUT2D eigenvalue weighted by atomic mass is 10.0. The average molecular weight is 319 g/mol. The molecule has 1 atom stereocenters. The average Bonchev–Trinajstić information content (AvgIpc) is 2.95. The molecule has 3 rings (SSSR count). The lowest BCUT2D eigenvalue weighted by Crippen LogP contribution is -2.23. The first kappa shape index (κ1) is 14.3. The Hall–Kier alpha value is -1.69. The first-order valence-electron chi connectivity index (χ1n) is 6.66. The van der Waals surface area contributed by atoms with E-state index in [-0.39, 0.29) is 6.04 Å². The zero-order valence-electron chi connectivity index (χ0n) is 11.5. The molecule has 21 heavy (non-hydrogen) atoms. The summed E-state index contributed by atoms with van der Waals surface area (Å²) >= 11 is 7.74. The summed E-state index contributed by atoms with van der Waals surface area (Å²) in [6.45, 7) is 2.86. The van der Waals surface area contributed by atoms with Crippen molar-refractivity contribution in [2.45, 2.75) is 13.0 Å². The van der Waals surface area contributed by atoms with E-state index in [0.29, 0.717) is 10.8 Å². The standard InChI is InChI=1S/C15H15ClN4S/c1-2-18-14(11-6-10(16)8-20-15(11)17)9-5-13-12(19-7-9)3-4-21-13/h3-8,14,18H,2H2,1H3,(H2,17,20). The van der Waals surface area contributed by atoms with Crippen LogP contribution < -0.4 is 11.1 Å². The quantitative estimate of drug-likeness (QED) is 0.771. The number of fused-ring (bicyclic) bond motifs is 1. The summed E-state index contributed by atoms with van der Waals surface area (Å²) in [6, 6.07) is 5.94. The second-order valence-electron chi connectivity index (χ2n) is 4.69. The zero-order valence-corrected chi connectivity index (χ0v) is 13.1. The van der Waals surface area contributed by atoms with Crippen LogP contribution in [0.5, 0.6) is 0 Å². The summed E-state index contributed by atoms with van der Waals surface area (Å²) in [7, 11) is 0. The maximum atomic E-state index is 6.07. The van der Waals surface area contributed by atoms with Gasteiger partial charge in [-0.2, -0.15) is 0 Å². The molecule has 3 N–H and O–H groups in total. The molecule has 0 saturated heterocycles. The van der Waals surface area contributed by atoms with E-state index in [9.17, 15) is 0 Å². The molecule has 3 aromatic rings. The van der Waals surface area contributed by atoms with Crippen LogP contribution in [0.2, 0.25) is 5.02 Å². The molecule has 0 amide bonds. The smallest absolute Gasteiger partial charge is 0.128 e. The first-order chi connectivity index (χ1) is 10.2. The number of nitrogens with two attached hydrogens (primary N) is 1. The molecule has 3 aromatic heterocycles. The number of aromatic nitrogens is 2. The predicted molar refractivity (Wildman–Crippen MR) is 88.8 cm³/mol. The number of rotatable bonds is 4. The van der Waals surface area contributed by atoms with E-state index in [0.717, 1.165) is 27.9 Å². The number of nitrogen functional groups attached to an aromatic ring is 1. The molecule has 4 nitrogen and oxygen atoms in total. The lowest BCUT2D eigenvalue weighted by Gasteiger charge is -2.20. The van der Waals surface area contributed by atoms with Gasteiger partial charge in [0.25, 0.3) is 0 Å². The molecule has 1 unspecified atom stereocenters. The van der Waals surface area contributed by atoms with Crippen LogP contribution in [0.15, 0.2) is 36.0 Å². The maximum absolute atomic E-state index is 6.07. The van der Waals surface area contributed by atoms with E-state index in [1.807, 2.05) is 23.7 Å². The molecule has 0 saturated carbocycles. The third kappa shape index (κ3) is 2.85. The minimum Gasteiger partial charge on any atom is -0.383 e. The van der Waals surface area contributed by atoms with Crippen LogP contribution in [0.1, 0.15) is 24.1 Å². The lowest BCUT2D eigenvalue weighted by molar-refractivity contribution is 0.629. The summed E-state index contributed by atoms with van der Waals surface area (Å²) in [6.07, 6.45) is 3.44. The molecular weight excluding hydrogens is 304 g/mol. The van der Waals surface area contributed by atoms with Gasteiger partial charge in [0.2, 0.25) is 0 Å². The Morgan fingerprint density at radius 3 is 3.00 bits per heavy atom. The number of halogens is 1. The number of nitrogens with zero attached hydrogens (tertiary/aromatic N) is 2. The van der Waals surface area contributed by atoms with Crippen LogP contribution in [0.3, 0.4) is 0 Å². The van der Waals surface area contributed by atoms with Gasteiger partial charge >= 0.3 is 0 Å². The fourth-order valence-corrected chi connectivity index (χ4v) is 3.28. The van der Waals surface area contributed by atoms with Gasteiger partial charge in [0, 0.05) is 18.0 Å². The molecule has 0 aromatic carbocycles. The zero-order chi connectivity index (χ0) is 14.8. The number of thiophene rings is 1. The maximum Gasteiger partial charge on any atom is 0.128 e. The summed E-state index contributed by atoms with van der Waals surface area (Å²) < 4.78 is 1.16. The Bertz CT molecular complexity index is 771. The number of hydrogen-bond donors (Lipinski definition) is 2. The molecule has 0 radical (unpaired) electrons. The van der Waals surface area contributed by atoms with Gasteiger partial charge < -0.3 is 11.1 Å². The van der Waals surface area contributed by atoms with Crippen LogP contribution >= 0.6 is 22.9 Å². The Labute approximate surface area is 132 Å². The molecule has 0 aliphatic heterocycles. The second-order valence-corrected chi connectivity index (χ2v) is 6.08. The summed E-state index contributed by atoms with van der Waals surface area (Å²) in [5.41, 5.74) is 8.97. The monoisotopic (exact) mass is 318 g/mol. The highest BCUT2D eigenvalue weighted by Crippen LogP contribution is 2.30. The van der Waals surface area contributed by atoms with Crippen molar-refractivity contribution in [1.82, 2.24) is 15.3 Å². The molecule has 6 heteroatoms. The highest BCUT2D eigenvalue weighted by molar-refractivity contribution is 7.17. The van der Waals surface area contributed by atoms with E-state index >= 15 is 0 Å². The van der Waals surface area contributed by atoms with Gasteiger partial charge in [-0.3, -0.25) is 4.98 Å². The second kappa shape index (κ2) is 5.97. The number of hydrogen-bond acceptors (Lipinski definition) is 5. The van der Waals surface area contributed by atoms with Crippen molar-refractivity contribution >= 4 is 39.0 Å². The van der Waals surface area contributed by atoms with Gasteiger partial charge in [-0.25, -0.2) is 4.98 Å². The SMILES string of the molecule is CCNC(c1cnc2ccsc2c1)c1cc(Cl)cnc1N. The third-order valence-corrected chi connectivity index (χ3v) is 4.35. The van der Waals surface area contributed by atoms with Crippen LogP contribution in [0, 0.1) is 0 Å². The van der Waals surface area contributed by atoms with Crippen molar-refractivity contribution in [2.24, 2.45) is 0 Å². The molecule has 3 heterocycles. The molecule has 0 aliphatic carbocycles. The number of pyridine rings is 2. The Morgan fingerprint density at radius 1 is 1.33 bits per heavy atom. The molecule has 0 bridgehead atoms. The largest absolute Gasteiger partial charge is 0.383 e. The van der Waals surface area contributed by atoms with Crippen molar-refractivity contribution in [3.63, 3.8) is 0 Å². The minimum absolute atomic E-state index is 0.0693. The fraction of sp³-hybridized carbons (Fsp3) is 0.200. The van der Waals surface area contributed by atoms with Crippen LogP contribution in [-0.2, 0) is 0 Å².